The second-order valence-corrected chi connectivity index (χ2v) is 6.38. The van der Waals surface area contributed by atoms with Crippen LogP contribution in [0.5, 0.6) is 0 Å². The topological polar surface area (TPSA) is 92.8 Å². The lowest BCUT2D eigenvalue weighted by Crippen LogP contribution is -2.36. The first kappa shape index (κ1) is 19.3. The van der Waals surface area contributed by atoms with Crippen LogP contribution in [-0.2, 0) is 9.53 Å². The number of anilines is 1. The first-order chi connectivity index (χ1) is 13.4. The Balaban J connectivity index is 1.71. The smallest absolute Gasteiger partial charge is 0.338 e. The molecule has 0 aromatic heterocycles. The number of carbonyl (C=O) groups is 4. The summed E-state index contributed by atoms with van der Waals surface area (Å²) in [5.74, 6) is -1.83. The van der Waals surface area contributed by atoms with Crippen LogP contribution in [-0.4, -0.2) is 36.3 Å². The number of rotatable bonds is 6. The van der Waals surface area contributed by atoms with E-state index in [0.717, 1.165) is 11.3 Å². The molecule has 0 aliphatic carbocycles. The number of esters is 1. The van der Waals surface area contributed by atoms with Gasteiger partial charge < -0.3 is 10.1 Å². The van der Waals surface area contributed by atoms with Crippen LogP contribution >= 0.6 is 0 Å². The van der Waals surface area contributed by atoms with Gasteiger partial charge >= 0.3 is 5.97 Å². The van der Waals surface area contributed by atoms with Crippen LogP contribution in [0.4, 0.5) is 5.69 Å². The van der Waals surface area contributed by atoms with E-state index in [2.05, 4.69) is 5.32 Å². The zero-order chi connectivity index (χ0) is 20.3. The van der Waals surface area contributed by atoms with Gasteiger partial charge in [0, 0.05) is 6.54 Å². The van der Waals surface area contributed by atoms with E-state index in [0.29, 0.717) is 23.4 Å². The van der Waals surface area contributed by atoms with Crippen molar-refractivity contribution in [2.75, 3.05) is 11.4 Å². The van der Waals surface area contributed by atoms with Gasteiger partial charge in [-0.2, -0.15) is 0 Å². The number of nitrogens with zero attached hydrogens (tertiary/aromatic N) is 1. The molecule has 0 radical (unpaired) electrons. The van der Waals surface area contributed by atoms with Gasteiger partial charge in [-0.15, -0.1) is 0 Å². The van der Waals surface area contributed by atoms with Crippen molar-refractivity contribution in [1.82, 2.24) is 5.32 Å². The van der Waals surface area contributed by atoms with Crippen molar-refractivity contribution >= 4 is 29.4 Å². The Morgan fingerprint density at radius 3 is 2.11 bits per heavy atom. The van der Waals surface area contributed by atoms with Crippen molar-refractivity contribution < 1.29 is 23.9 Å². The number of hydrogen-bond donors (Lipinski definition) is 1. The third-order valence-corrected chi connectivity index (χ3v) is 4.36. The van der Waals surface area contributed by atoms with Crippen molar-refractivity contribution in [1.29, 1.82) is 0 Å². The number of hydrogen-bond acceptors (Lipinski definition) is 5. The Labute approximate surface area is 162 Å². The summed E-state index contributed by atoms with van der Waals surface area (Å²) in [7, 11) is 0. The van der Waals surface area contributed by atoms with Crippen molar-refractivity contribution in [2.24, 2.45) is 0 Å². The fraction of sp³-hybridized carbons (Fsp3) is 0.238. The van der Waals surface area contributed by atoms with Crippen molar-refractivity contribution in [3.05, 3.63) is 65.2 Å². The van der Waals surface area contributed by atoms with Crippen LogP contribution in [0.2, 0.25) is 0 Å². The minimum Gasteiger partial charge on any atom is -0.449 e. The number of imide groups is 1. The maximum absolute atomic E-state index is 12.5. The number of amides is 3. The highest BCUT2D eigenvalue weighted by Crippen LogP contribution is 2.28. The predicted molar refractivity (Wildman–Crippen MR) is 102 cm³/mol. The molecule has 28 heavy (non-hydrogen) atoms. The van der Waals surface area contributed by atoms with Crippen LogP contribution in [0.15, 0.2) is 48.5 Å². The normalized spacial score (nSPS) is 13.9. The van der Waals surface area contributed by atoms with Gasteiger partial charge in [-0.3, -0.25) is 14.4 Å². The molecule has 3 rings (SSSR count). The third kappa shape index (κ3) is 3.64. The van der Waals surface area contributed by atoms with Crippen molar-refractivity contribution in [2.45, 2.75) is 26.4 Å². The Bertz CT molecular complexity index is 901. The molecule has 1 atom stereocenters. The summed E-state index contributed by atoms with van der Waals surface area (Å²) in [6.07, 6.45) is -0.138. The standard InChI is InChI=1S/C21H20N2O5/c1-3-12-22-18(24)13(2)28-21(27)14-8-10-15(11-9-14)23-19(25)16-6-4-5-7-17(16)20(23)26/h4-11,13H,3,12H2,1-2H3,(H,22,24)/t13-/m0/s1. The molecular formula is C21H20N2O5. The van der Waals surface area contributed by atoms with Gasteiger partial charge in [0.2, 0.25) is 0 Å². The minimum atomic E-state index is -0.921. The van der Waals surface area contributed by atoms with E-state index in [1.165, 1.54) is 31.2 Å². The molecule has 0 fully saturated rings. The molecule has 0 saturated heterocycles. The Morgan fingerprint density at radius 1 is 1.00 bits per heavy atom. The van der Waals surface area contributed by atoms with Crippen LogP contribution in [0.3, 0.4) is 0 Å². The minimum absolute atomic E-state index is 0.218. The van der Waals surface area contributed by atoms with E-state index in [9.17, 15) is 19.2 Å². The first-order valence-electron chi connectivity index (χ1n) is 9.00. The summed E-state index contributed by atoms with van der Waals surface area (Å²) in [5, 5.41) is 2.66. The molecule has 1 N–H and O–H groups in total. The van der Waals surface area contributed by atoms with Gasteiger partial charge in [-0.05, 0) is 49.7 Å². The summed E-state index contributed by atoms with van der Waals surface area (Å²) < 4.78 is 5.16. The second-order valence-electron chi connectivity index (χ2n) is 6.38. The molecule has 0 saturated carbocycles. The molecule has 1 heterocycles. The average molecular weight is 380 g/mol. The predicted octanol–water partition coefficient (Wildman–Crippen LogP) is 2.56. The Kier molecular flexibility index (Phi) is 5.54. The lowest BCUT2D eigenvalue weighted by molar-refractivity contribution is -0.129. The van der Waals surface area contributed by atoms with Crippen LogP contribution in [0.25, 0.3) is 0 Å². The number of carbonyl (C=O) groups excluding carboxylic acids is 4. The number of ether oxygens (including phenoxy) is 1. The Hall–Kier alpha value is -3.48. The molecule has 0 spiro atoms. The molecule has 1 aliphatic heterocycles. The van der Waals surface area contributed by atoms with Gasteiger partial charge in [-0.1, -0.05) is 19.1 Å². The van der Waals surface area contributed by atoms with Crippen molar-refractivity contribution in [3.8, 4) is 0 Å². The molecule has 7 nitrogen and oxygen atoms in total. The molecule has 3 amide bonds. The van der Waals surface area contributed by atoms with Gasteiger partial charge in [-0.25, -0.2) is 9.69 Å². The van der Waals surface area contributed by atoms with E-state index in [1.54, 1.807) is 24.3 Å². The fourth-order valence-corrected chi connectivity index (χ4v) is 2.84. The molecule has 2 aromatic carbocycles. The van der Waals surface area contributed by atoms with E-state index in [4.69, 9.17) is 4.74 Å². The van der Waals surface area contributed by atoms with Gasteiger partial charge in [0.05, 0.1) is 22.4 Å². The number of nitrogens with one attached hydrogen (secondary N) is 1. The molecule has 144 valence electrons. The van der Waals surface area contributed by atoms with E-state index < -0.39 is 23.9 Å². The third-order valence-electron chi connectivity index (χ3n) is 4.36. The summed E-state index contributed by atoms with van der Waals surface area (Å²) >= 11 is 0. The average Bonchev–Trinajstić information content (AvgIpc) is 2.97. The van der Waals surface area contributed by atoms with Crippen LogP contribution in [0.1, 0.15) is 51.3 Å². The van der Waals surface area contributed by atoms with Crippen molar-refractivity contribution in [3.63, 3.8) is 0 Å². The largest absolute Gasteiger partial charge is 0.449 e. The highest BCUT2D eigenvalue weighted by Gasteiger charge is 2.36. The number of benzene rings is 2. The second kappa shape index (κ2) is 8.04. The zero-order valence-electron chi connectivity index (χ0n) is 15.6. The van der Waals surface area contributed by atoms with E-state index in [1.807, 2.05) is 6.92 Å². The van der Waals surface area contributed by atoms with Crippen LogP contribution in [0, 0.1) is 0 Å². The Morgan fingerprint density at radius 2 is 1.57 bits per heavy atom. The number of fused-ring (bicyclic) bond motifs is 1. The molecular weight excluding hydrogens is 360 g/mol. The summed E-state index contributed by atoms with van der Waals surface area (Å²) in [6.45, 7) is 3.93. The molecule has 0 unspecified atom stereocenters. The van der Waals surface area contributed by atoms with Gasteiger partial charge in [0.15, 0.2) is 6.10 Å². The van der Waals surface area contributed by atoms with Gasteiger partial charge in [0.25, 0.3) is 17.7 Å². The maximum Gasteiger partial charge on any atom is 0.338 e. The van der Waals surface area contributed by atoms with E-state index in [-0.39, 0.29) is 11.5 Å². The maximum atomic E-state index is 12.5. The lowest BCUT2D eigenvalue weighted by atomic mass is 10.1. The van der Waals surface area contributed by atoms with E-state index >= 15 is 0 Å². The first-order valence-corrected chi connectivity index (χ1v) is 9.00. The molecule has 2 aromatic rings. The highest BCUT2D eigenvalue weighted by atomic mass is 16.5. The molecule has 1 aliphatic rings. The summed E-state index contributed by atoms with van der Waals surface area (Å²) in [5.41, 5.74) is 1.28. The molecule has 7 heteroatoms. The van der Waals surface area contributed by atoms with Gasteiger partial charge in [0.1, 0.15) is 0 Å². The quantitative estimate of drug-likeness (QED) is 0.614. The lowest BCUT2D eigenvalue weighted by Gasteiger charge is -2.15. The highest BCUT2D eigenvalue weighted by molar-refractivity contribution is 6.34. The van der Waals surface area contributed by atoms with Crippen LogP contribution < -0.4 is 10.2 Å². The SMILES string of the molecule is CCCNC(=O)[C@H](C)OC(=O)c1ccc(N2C(=O)c3ccccc3C2=O)cc1. The summed E-state index contributed by atoms with van der Waals surface area (Å²) in [4.78, 5) is 50.1. The zero-order valence-corrected chi connectivity index (χ0v) is 15.6. The fourth-order valence-electron chi connectivity index (χ4n) is 2.84. The molecule has 0 bridgehead atoms. The monoisotopic (exact) mass is 380 g/mol. The summed E-state index contributed by atoms with van der Waals surface area (Å²) in [6, 6.07) is 12.5.